The maximum atomic E-state index is 13.1. The van der Waals surface area contributed by atoms with E-state index >= 15 is 0 Å². The highest BCUT2D eigenvalue weighted by Crippen LogP contribution is 2.32. The molecule has 0 saturated carbocycles. The lowest BCUT2D eigenvalue weighted by atomic mass is 9.97. The molecule has 0 atom stereocenters. The summed E-state index contributed by atoms with van der Waals surface area (Å²) in [6.45, 7) is 0.507. The number of carbonyl (C=O) groups excluding carboxylic acids is 1. The van der Waals surface area contributed by atoms with Crippen LogP contribution in [-0.4, -0.2) is 43.2 Å². The van der Waals surface area contributed by atoms with Crippen molar-refractivity contribution in [3.63, 3.8) is 0 Å². The van der Waals surface area contributed by atoms with Gasteiger partial charge in [-0.1, -0.05) is 11.6 Å². The fourth-order valence-electron chi connectivity index (χ4n) is 3.54. The molecule has 10 heteroatoms. The molecule has 1 aromatic heterocycles. The summed E-state index contributed by atoms with van der Waals surface area (Å²) in [5.41, 5.74) is 0.714. The number of nitrogens with one attached hydrogen (secondary N) is 1. The minimum atomic E-state index is -3.77. The minimum absolute atomic E-state index is 0.0399. The molecular weight excluding hydrogens is 446 g/mol. The predicted octanol–water partition coefficient (Wildman–Crippen LogP) is 4.00. The Hall–Kier alpha value is -2.20. The second-order valence-corrected chi connectivity index (χ2v) is 10.2. The van der Waals surface area contributed by atoms with Crippen molar-refractivity contribution >= 4 is 54.8 Å². The zero-order chi connectivity index (χ0) is 21.3. The molecule has 0 aliphatic carbocycles. The van der Waals surface area contributed by atoms with Gasteiger partial charge in [0.25, 0.3) is 0 Å². The van der Waals surface area contributed by atoms with Gasteiger partial charge in [0.2, 0.25) is 15.9 Å². The van der Waals surface area contributed by atoms with Crippen LogP contribution in [0.1, 0.15) is 12.8 Å². The highest BCUT2D eigenvalue weighted by atomic mass is 35.5. The van der Waals surface area contributed by atoms with Gasteiger partial charge in [-0.3, -0.25) is 4.79 Å². The number of fused-ring (bicyclic) bond motifs is 1. The first-order chi connectivity index (χ1) is 14.4. The summed E-state index contributed by atoms with van der Waals surface area (Å²) >= 11 is 7.40. The van der Waals surface area contributed by atoms with Crippen LogP contribution in [0.3, 0.4) is 0 Å². The normalized spacial score (nSPS) is 15.9. The highest BCUT2D eigenvalue weighted by molar-refractivity contribution is 7.89. The van der Waals surface area contributed by atoms with Gasteiger partial charge in [-0.15, -0.1) is 0 Å². The topological polar surface area (TPSA) is 88.6 Å². The van der Waals surface area contributed by atoms with Crippen LogP contribution < -0.4 is 10.1 Å². The molecule has 2 heterocycles. The molecule has 1 aliphatic heterocycles. The Morgan fingerprint density at radius 2 is 2.00 bits per heavy atom. The molecule has 1 saturated heterocycles. The second kappa shape index (κ2) is 8.50. The van der Waals surface area contributed by atoms with Crippen LogP contribution in [0.4, 0.5) is 5.69 Å². The Morgan fingerprint density at radius 1 is 1.23 bits per heavy atom. The van der Waals surface area contributed by atoms with Crippen LogP contribution in [0, 0.1) is 5.92 Å². The van der Waals surface area contributed by atoms with Gasteiger partial charge in [-0.25, -0.2) is 8.42 Å². The van der Waals surface area contributed by atoms with E-state index in [1.165, 1.54) is 35.1 Å². The van der Waals surface area contributed by atoms with Gasteiger partial charge in [0.15, 0.2) is 0 Å². The number of halogens is 1. The standard InChI is InChI=1S/C20H20ClN3O4S2/c1-28-17-4-2-15(21)11-19(17)30(26,27)24-8-6-13(7-9-24)20(25)23-16-3-5-18-14(10-16)12-22-29-18/h2-5,10-13H,6-9H2,1H3,(H,23,25). The van der Waals surface area contributed by atoms with E-state index in [-0.39, 0.29) is 35.6 Å². The number of benzene rings is 2. The minimum Gasteiger partial charge on any atom is -0.495 e. The quantitative estimate of drug-likeness (QED) is 0.615. The lowest BCUT2D eigenvalue weighted by molar-refractivity contribution is -0.120. The van der Waals surface area contributed by atoms with E-state index in [9.17, 15) is 13.2 Å². The van der Waals surface area contributed by atoms with Crippen LogP contribution >= 0.6 is 23.1 Å². The van der Waals surface area contributed by atoms with Crippen molar-refractivity contribution in [3.05, 3.63) is 47.6 Å². The Balaban J connectivity index is 1.43. The lowest BCUT2D eigenvalue weighted by Crippen LogP contribution is -2.41. The Kier molecular flexibility index (Phi) is 5.97. The average Bonchev–Trinajstić information content (AvgIpc) is 3.21. The number of rotatable bonds is 5. The molecule has 1 aliphatic rings. The van der Waals surface area contributed by atoms with Crippen LogP contribution in [0.25, 0.3) is 10.1 Å². The zero-order valence-electron chi connectivity index (χ0n) is 16.2. The molecule has 1 fully saturated rings. The molecule has 0 radical (unpaired) electrons. The van der Waals surface area contributed by atoms with Crippen molar-refractivity contribution in [2.24, 2.45) is 5.92 Å². The van der Waals surface area contributed by atoms with Crippen molar-refractivity contribution < 1.29 is 17.9 Å². The summed E-state index contributed by atoms with van der Waals surface area (Å²) in [5.74, 6) is -0.110. The molecule has 4 rings (SSSR count). The first kappa shape index (κ1) is 21.0. The third-order valence-corrected chi connectivity index (χ3v) is 8.12. The van der Waals surface area contributed by atoms with Gasteiger partial charge >= 0.3 is 0 Å². The first-order valence-electron chi connectivity index (χ1n) is 9.37. The average molecular weight is 466 g/mol. The van der Waals surface area contributed by atoms with Gasteiger partial charge < -0.3 is 10.1 Å². The third-order valence-electron chi connectivity index (χ3n) is 5.19. The number of nitrogens with zero attached hydrogens (tertiary/aromatic N) is 2. The molecule has 0 spiro atoms. The number of sulfonamides is 1. The highest BCUT2D eigenvalue weighted by Gasteiger charge is 2.33. The Morgan fingerprint density at radius 3 is 2.73 bits per heavy atom. The number of methoxy groups -OCH3 is 1. The number of ether oxygens (including phenoxy) is 1. The van der Waals surface area contributed by atoms with Crippen molar-refractivity contribution in [1.29, 1.82) is 0 Å². The monoisotopic (exact) mass is 465 g/mol. The van der Waals surface area contributed by atoms with Gasteiger partial charge in [0, 0.05) is 41.3 Å². The van der Waals surface area contributed by atoms with Crippen LogP contribution in [0.5, 0.6) is 5.75 Å². The maximum Gasteiger partial charge on any atom is 0.246 e. The maximum absolute atomic E-state index is 13.1. The van der Waals surface area contributed by atoms with Crippen LogP contribution in [0.2, 0.25) is 5.02 Å². The number of carbonyl (C=O) groups is 1. The molecule has 2 aromatic carbocycles. The molecular formula is C20H20ClN3O4S2. The molecule has 1 amide bonds. The fraction of sp³-hybridized carbons (Fsp3) is 0.300. The molecule has 0 unspecified atom stereocenters. The summed E-state index contributed by atoms with van der Waals surface area (Å²) in [6, 6.07) is 10.2. The Bertz CT molecular complexity index is 1190. The number of aromatic nitrogens is 1. The summed E-state index contributed by atoms with van der Waals surface area (Å²) in [4.78, 5) is 12.7. The second-order valence-electron chi connectivity index (χ2n) is 7.04. The largest absolute Gasteiger partial charge is 0.495 e. The number of amides is 1. The van der Waals surface area contributed by atoms with Crippen molar-refractivity contribution in [2.45, 2.75) is 17.7 Å². The van der Waals surface area contributed by atoms with Gasteiger partial charge in [-0.05, 0) is 60.8 Å². The molecule has 3 aromatic rings. The van der Waals surface area contributed by atoms with Gasteiger partial charge in [0.05, 0.1) is 11.8 Å². The lowest BCUT2D eigenvalue weighted by Gasteiger charge is -2.31. The smallest absolute Gasteiger partial charge is 0.246 e. The summed E-state index contributed by atoms with van der Waals surface area (Å²) in [6.07, 6.45) is 2.65. The van der Waals surface area contributed by atoms with Crippen molar-refractivity contribution in [1.82, 2.24) is 8.68 Å². The number of piperidine rings is 1. The summed E-state index contributed by atoms with van der Waals surface area (Å²) in [7, 11) is -2.35. The fourth-order valence-corrected chi connectivity index (χ4v) is 6.06. The zero-order valence-corrected chi connectivity index (χ0v) is 18.6. The van der Waals surface area contributed by atoms with E-state index in [1.807, 2.05) is 18.2 Å². The molecule has 0 bridgehead atoms. The predicted molar refractivity (Wildman–Crippen MR) is 118 cm³/mol. The molecule has 158 valence electrons. The first-order valence-corrected chi connectivity index (χ1v) is 12.0. The number of hydrogen-bond donors (Lipinski definition) is 1. The molecule has 1 N–H and O–H groups in total. The number of anilines is 1. The molecule has 30 heavy (non-hydrogen) atoms. The Labute approximate surface area is 183 Å². The van der Waals surface area contributed by atoms with E-state index in [0.29, 0.717) is 23.6 Å². The van der Waals surface area contributed by atoms with Crippen molar-refractivity contribution in [2.75, 3.05) is 25.5 Å². The van der Waals surface area contributed by atoms with E-state index in [4.69, 9.17) is 16.3 Å². The molecule has 7 nitrogen and oxygen atoms in total. The summed E-state index contributed by atoms with van der Waals surface area (Å²) < 4.78 is 37.9. The SMILES string of the molecule is COc1ccc(Cl)cc1S(=O)(=O)N1CCC(C(=O)Nc2ccc3sncc3c2)CC1. The van der Waals surface area contributed by atoms with Crippen LogP contribution in [0.15, 0.2) is 47.5 Å². The van der Waals surface area contributed by atoms with Crippen molar-refractivity contribution in [3.8, 4) is 5.75 Å². The number of hydrogen-bond acceptors (Lipinski definition) is 6. The third kappa shape index (κ3) is 4.15. The van der Waals surface area contributed by atoms with Gasteiger partial charge in [-0.2, -0.15) is 8.68 Å². The van der Waals surface area contributed by atoms with E-state index in [0.717, 1.165) is 10.1 Å². The van der Waals surface area contributed by atoms with E-state index in [1.54, 1.807) is 12.3 Å². The van der Waals surface area contributed by atoms with Gasteiger partial charge in [0.1, 0.15) is 10.6 Å². The van der Waals surface area contributed by atoms with Crippen LogP contribution in [-0.2, 0) is 14.8 Å². The summed E-state index contributed by atoms with van der Waals surface area (Å²) in [5, 5.41) is 4.24. The van der Waals surface area contributed by atoms with E-state index in [2.05, 4.69) is 9.69 Å². The van der Waals surface area contributed by atoms with E-state index < -0.39 is 10.0 Å².